The zero-order chi connectivity index (χ0) is 15.4. The Morgan fingerprint density at radius 1 is 0.800 bits per heavy atom. The van der Waals surface area contributed by atoms with Gasteiger partial charge >= 0.3 is 0 Å². The Kier molecular flexibility index (Phi) is 9.85. The number of carbonyl (C=O) groups is 4. The van der Waals surface area contributed by atoms with Gasteiger partial charge < -0.3 is 21.3 Å². The van der Waals surface area contributed by atoms with E-state index in [1.54, 1.807) is 7.05 Å². The van der Waals surface area contributed by atoms with E-state index in [4.69, 9.17) is 0 Å². The number of ketones is 1. The van der Waals surface area contributed by atoms with Crippen LogP contribution in [0.15, 0.2) is 0 Å². The van der Waals surface area contributed by atoms with Crippen LogP contribution in [0.2, 0.25) is 0 Å². The van der Waals surface area contributed by atoms with Crippen LogP contribution < -0.4 is 21.3 Å². The molecule has 0 radical (unpaired) electrons. The molecule has 0 bridgehead atoms. The maximum atomic E-state index is 11.3. The summed E-state index contributed by atoms with van der Waals surface area (Å²) in [7, 11) is 1.79. The van der Waals surface area contributed by atoms with Crippen LogP contribution in [0.1, 0.15) is 19.8 Å². The molecule has 0 heterocycles. The van der Waals surface area contributed by atoms with Gasteiger partial charge in [-0.1, -0.05) is 0 Å². The van der Waals surface area contributed by atoms with Crippen molar-refractivity contribution in [1.82, 2.24) is 21.3 Å². The lowest BCUT2D eigenvalue weighted by molar-refractivity contribution is -0.128. The molecule has 0 rings (SSSR count). The molecule has 0 atom stereocenters. The maximum Gasteiger partial charge on any atom is 0.239 e. The first kappa shape index (κ1) is 18.0. The van der Waals surface area contributed by atoms with E-state index >= 15 is 0 Å². The molecule has 0 aromatic carbocycles. The lowest BCUT2D eigenvalue weighted by Gasteiger charge is -2.07. The molecule has 0 spiro atoms. The van der Waals surface area contributed by atoms with Gasteiger partial charge in [-0.05, 0) is 26.9 Å². The molecular formula is C12H22N4O4. The summed E-state index contributed by atoms with van der Waals surface area (Å²) >= 11 is 0. The minimum Gasteiger partial charge on any atom is -0.348 e. The van der Waals surface area contributed by atoms with Gasteiger partial charge in [0.1, 0.15) is 5.78 Å². The number of nitrogens with one attached hydrogen (secondary N) is 4. The molecule has 0 aliphatic carbocycles. The smallest absolute Gasteiger partial charge is 0.239 e. The molecule has 0 aliphatic heterocycles. The second-order valence-electron chi connectivity index (χ2n) is 4.24. The lowest BCUT2D eigenvalue weighted by Crippen LogP contribution is -2.42. The van der Waals surface area contributed by atoms with Crippen molar-refractivity contribution in [3.05, 3.63) is 0 Å². The van der Waals surface area contributed by atoms with Crippen LogP contribution in [0.3, 0.4) is 0 Å². The predicted molar refractivity (Wildman–Crippen MR) is 72.9 cm³/mol. The third-order valence-electron chi connectivity index (χ3n) is 2.26. The van der Waals surface area contributed by atoms with E-state index in [-0.39, 0.29) is 31.3 Å². The first-order chi connectivity index (χ1) is 9.45. The fraction of sp³-hybridized carbons (Fsp3) is 0.667. The number of rotatable bonds is 10. The Hall–Kier alpha value is -1.96. The first-order valence-corrected chi connectivity index (χ1v) is 6.39. The van der Waals surface area contributed by atoms with E-state index in [2.05, 4.69) is 21.3 Å². The largest absolute Gasteiger partial charge is 0.348 e. The molecule has 8 nitrogen and oxygen atoms in total. The number of Topliss-reactive ketones (excluding diaryl/α,β-unsaturated/α-hetero) is 1. The van der Waals surface area contributed by atoms with Gasteiger partial charge in [0.25, 0.3) is 0 Å². The maximum absolute atomic E-state index is 11.3. The Balaban J connectivity index is 3.65. The SMILES string of the molecule is CNCCCC(=O)NCC(=O)NCC(=O)NCC(C)=O. The fourth-order valence-electron chi connectivity index (χ4n) is 1.22. The summed E-state index contributed by atoms with van der Waals surface area (Å²) < 4.78 is 0. The summed E-state index contributed by atoms with van der Waals surface area (Å²) in [4.78, 5) is 44.4. The average molecular weight is 286 g/mol. The number of hydrogen-bond donors (Lipinski definition) is 4. The highest BCUT2D eigenvalue weighted by molar-refractivity contribution is 5.89. The van der Waals surface area contributed by atoms with Crippen LogP contribution in [-0.2, 0) is 19.2 Å². The van der Waals surface area contributed by atoms with Gasteiger partial charge in [-0.15, -0.1) is 0 Å². The van der Waals surface area contributed by atoms with E-state index < -0.39 is 11.8 Å². The van der Waals surface area contributed by atoms with Gasteiger partial charge in [0.15, 0.2) is 0 Å². The van der Waals surface area contributed by atoms with Crippen molar-refractivity contribution in [3.63, 3.8) is 0 Å². The van der Waals surface area contributed by atoms with Gasteiger partial charge in [0.2, 0.25) is 17.7 Å². The molecule has 0 saturated carbocycles. The summed E-state index contributed by atoms with van der Waals surface area (Å²) in [6.45, 7) is 1.63. The Bertz CT molecular complexity index is 357. The number of carbonyl (C=O) groups excluding carboxylic acids is 4. The van der Waals surface area contributed by atoms with Crippen LogP contribution in [0.25, 0.3) is 0 Å². The molecule has 0 aromatic rings. The lowest BCUT2D eigenvalue weighted by atomic mass is 10.3. The fourth-order valence-corrected chi connectivity index (χ4v) is 1.22. The van der Waals surface area contributed by atoms with Crippen molar-refractivity contribution < 1.29 is 19.2 Å². The molecule has 114 valence electrons. The molecule has 4 N–H and O–H groups in total. The number of amides is 3. The third kappa shape index (κ3) is 11.1. The second-order valence-corrected chi connectivity index (χ2v) is 4.24. The van der Waals surface area contributed by atoms with Gasteiger partial charge in [-0.2, -0.15) is 0 Å². The van der Waals surface area contributed by atoms with Crippen molar-refractivity contribution in [2.45, 2.75) is 19.8 Å². The zero-order valence-electron chi connectivity index (χ0n) is 11.9. The zero-order valence-corrected chi connectivity index (χ0v) is 11.9. The van der Waals surface area contributed by atoms with Crippen molar-refractivity contribution in [2.24, 2.45) is 0 Å². The Morgan fingerprint density at radius 3 is 1.80 bits per heavy atom. The average Bonchev–Trinajstić information content (AvgIpc) is 2.40. The summed E-state index contributed by atoms with van der Waals surface area (Å²) in [5.74, 6) is -1.28. The summed E-state index contributed by atoms with van der Waals surface area (Å²) in [6, 6.07) is 0. The van der Waals surface area contributed by atoms with Crippen molar-refractivity contribution >= 4 is 23.5 Å². The van der Waals surface area contributed by atoms with Crippen LogP contribution >= 0.6 is 0 Å². The summed E-state index contributed by atoms with van der Waals surface area (Å²) in [5, 5.41) is 10.0. The minimum atomic E-state index is -0.454. The molecule has 0 unspecified atom stereocenters. The third-order valence-corrected chi connectivity index (χ3v) is 2.26. The van der Waals surface area contributed by atoms with Crippen LogP contribution in [0.5, 0.6) is 0 Å². The van der Waals surface area contributed by atoms with E-state index in [9.17, 15) is 19.2 Å². The van der Waals surface area contributed by atoms with Gasteiger partial charge in [0, 0.05) is 6.42 Å². The topological polar surface area (TPSA) is 116 Å². The van der Waals surface area contributed by atoms with Crippen LogP contribution in [0, 0.1) is 0 Å². The summed E-state index contributed by atoms with van der Waals surface area (Å²) in [6.07, 6.45) is 1.03. The quantitative estimate of drug-likeness (QED) is 0.344. The van der Waals surface area contributed by atoms with E-state index in [0.717, 1.165) is 6.54 Å². The van der Waals surface area contributed by atoms with E-state index in [1.165, 1.54) is 6.92 Å². The molecule has 0 fully saturated rings. The number of hydrogen-bond acceptors (Lipinski definition) is 5. The van der Waals surface area contributed by atoms with E-state index in [0.29, 0.717) is 12.8 Å². The summed E-state index contributed by atoms with van der Waals surface area (Å²) in [5.41, 5.74) is 0. The van der Waals surface area contributed by atoms with Crippen molar-refractivity contribution in [3.8, 4) is 0 Å². The molecular weight excluding hydrogens is 264 g/mol. The first-order valence-electron chi connectivity index (χ1n) is 6.39. The highest BCUT2D eigenvalue weighted by Crippen LogP contribution is 1.85. The molecule has 0 saturated heterocycles. The molecule has 3 amide bonds. The molecule has 20 heavy (non-hydrogen) atoms. The monoisotopic (exact) mass is 286 g/mol. The van der Waals surface area contributed by atoms with Crippen molar-refractivity contribution in [2.75, 3.05) is 33.2 Å². The molecule has 0 aliphatic rings. The van der Waals surface area contributed by atoms with Crippen molar-refractivity contribution in [1.29, 1.82) is 0 Å². The second kappa shape index (κ2) is 10.9. The molecule has 8 heteroatoms. The van der Waals surface area contributed by atoms with Crippen LogP contribution in [0.4, 0.5) is 0 Å². The standard InChI is InChI=1S/C12H22N4O4/c1-9(17)6-14-11(19)8-16-12(20)7-15-10(18)4-3-5-13-2/h13H,3-8H2,1-2H3,(H,14,19)(H,15,18)(H,16,20). The normalized spacial score (nSPS) is 9.70. The van der Waals surface area contributed by atoms with Gasteiger partial charge in [-0.3, -0.25) is 19.2 Å². The molecule has 0 aromatic heterocycles. The highest BCUT2D eigenvalue weighted by Gasteiger charge is 2.07. The minimum absolute atomic E-state index is 0.0586. The van der Waals surface area contributed by atoms with E-state index in [1.807, 2.05) is 0 Å². The van der Waals surface area contributed by atoms with Gasteiger partial charge in [0.05, 0.1) is 19.6 Å². The van der Waals surface area contributed by atoms with Crippen LogP contribution in [-0.4, -0.2) is 56.7 Å². The highest BCUT2D eigenvalue weighted by atomic mass is 16.2. The Morgan fingerprint density at radius 2 is 1.30 bits per heavy atom. The van der Waals surface area contributed by atoms with Gasteiger partial charge in [-0.25, -0.2) is 0 Å². The predicted octanol–water partition coefficient (Wildman–Crippen LogP) is -2.08. The Labute approximate surface area is 118 Å².